The third-order valence-electron chi connectivity index (χ3n) is 3.47. The molecule has 1 aromatic heterocycles. The number of methoxy groups -OCH3 is 1. The fraction of sp³-hybridized carbons (Fsp3) is 0.615. The van der Waals surface area contributed by atoms with Gasteiger partial charge in [0, 0.05) is 18.8 Å². The number of anilines is 1. The highest BCUT2D eigenvalue weighted by molar-refractivity contribution is 5.94. The van der Waals surface area contributed by atoms with Crippen molar-refractivity contribution in [3.63, 3.8) is 0 Å². The van der Waals surface area contributed by atoms with E-state index in [0.29, 0.717) is 17.4 Å². The molecule has 0 amide bonds. The molecule has 0 N–H and O–H groups in total. The lowest BCUT2D eigenvalue weighted by molar-refractivity contribution is 0.0600. The summed E-state index contributed by atoms with van der Waals surface area (Å²) < 4.78 is 4.79. The minimum Gasteiger partial charge on any atom is -0.465 e. The molecule has 1 unspecified atom stereocenters. The molecule has 0 aromatic carbocycles. The summed E-state index contributed by atoms with van der Waals surface area (Å²) in [6.07, 6.45) is 7.62. The molecule has 18 heavy (non-hydrogen) atoms. The lowest BCUT2D eigenvalue weighted by Gasteiger charge is -2.36. The fourth-order valence-electron chi connectivity index (χ4n) is 2.51. The monoisotopic (exact) mass is 249 g/mol. The number of carbonyl (C=O) groups excluding carboxylic acids is 1. The predicted molar refractivity (Wildman–Crippen MR) is 68.6 cm³/mol. The van der Waals surface area contributed by atoms with E-state index in [9.17, 15) is 4.79 Å². The lowest BCUT2D eigenvalue weighted by Crippen LogP contribution is -2.40. The normalized spacial score (nSPS) is 19.7. The molecule has 1 atom stereocenters. The van der Waals surface area contributed by atoms with Gasteiger partial charge in [-0.05, 0) is 25.7 Å². The van der Waals surface area contributed by atoms with Gasteiger partial charge in [0.1, 0.15) is 17.7 Å². The predicted octanol–water partition coefficient (Wildman–Crippen LogP) is 2.03. The van der Waals surface area contributed by atoms with E-state index in [4.69, 9.17) is 4.74 Å². The maximum atomic E-state index is 11.7. The summed E-state index contributed by atoms with van der Waals surface area (Å²) in [5, 5.41) is 0. The van der Waals surface area contributed by atoms with E-state index in [2.05, 4.69) is 21.8 Å². The van der Waals surface area contributed by atoms with Crippen molar-refractivity contribution in [2.45, 2.75) is 38.6 Å². The van der Waals surface area contributed by atoms with E-state index >= 15 is 0 Å². The Bertz CT molecular complexity index is 422. The first-order valence-corrected chi connectivity index (χ1v) is 6.43. The van der Waals surface area contributed by atoms with Gasteiger partial charge in [0.25, 0.3) is 0 Å². The number of hydrogen-bond donors (Lipinski definition) is 0. The highest BCUT2D eigenvalue weighted by Crippen LogP contribution is 2.27. The highest BCUT2D eigenvalue weighted by Gasteiger charge is 2.26. The Morgan fingerprint density at radius 1 is 1.56 bits per heavy atom. The van der Waals surface area contributed by atoms with Gasteiger partial charge in [0.15, 0.2) is 0 Å². The van der Waals surface area contributed by atoms with Crippen LogP contribution < -0.4 is 4.90 Å². The molecule has 0 bridgehead atoms. The number of aromatic nitrogens is 2. The van der Waals surface area contributed by atoms with Crippen molar-refractivity contribution < 1.29 is 9.53 Å². The molecular weight excluding hydrogens is 230 g/mol. The Hall–Kier alpha value is -1.65. The van der Waals surface area contributed by atoms with Crippen molar-refractivity contribution in [1.82, 2.24) is 9.97 Å². The highest BCUT2D eigenvalue weighted by atomic mass is 16.5. The average molecular weight is 249 g/mol. The van der Waals surface area contributed by atoms with Crippen LogP contribution in [0.25, 0.3) is 0 Å². The Morgan fingerprint density at radius 2 is 2.39 bits per heavy atom. The molecule has 1 saturated heterocycles. The van der Waals surface area contributed by atoms with Crippen molar-refractivity contribution in [2.24, 2.45) is 0 Å². The van der Waals surface area contributed by atoms with Gasteiger partial charge in [-0.3, -0.25) is 0 Å². The van der Waals surface area contributed by atoms with E-state index < -0.39 is 0 Å². The zero-order chi connectivity index (χ0) is 13.0. The van der Waals surface area contributed by atoms with Crippen LogP contribution in [0.4, 0.5) is 5.82 Å². The summed E-state index contributed by atoms with van der Waals surface area (Å²) in [6.45, 7) is 3.11. The maximum Gasteiger partial charge on any atom is 0.343 e. The van der Waals surface area contributed by atoms with Gasteiger partial charge in [-0.15, -0.1) is 0 Å². The van der Waals surface area contributed by atoms with E-state index in [1.807, 2.05) is 0 Å². The first kappa shape index (κ1) is 12.8. The summed E-state index contributed by atoms with van der Waals surface area (Å²) >= 11 is 0. The SMILES string of the molecule is CCC1CCCCN1c1ncncc1C(=O)OC. The van der Waals surface area contributed by atoms with Gasteiger partial charge in [-0.25, -0.2) is 14.8 Å². The van der Waals surface area contributed by atoms with Gasteiger partial charge < -0.3 is 9.64 Å². The topological polar surface area (TPSA) is 55.3 Å². The molecule has 0 aliphatic carbocycles. The Labute approximate surface area is 107 Å². The van der Waals surface area contributed by atoms with Crippen LogP contribution in [0.5, 0.6) is 0 Å². The third-order valence-corrected chi connectivity index (χ3v) is 3.47. The second-order valence-corrected chi connectivity index (χ2v) is 4.50. The van der Waals surface area contributed by atoms with Gasteiger partial charge in [-0.2, -0.15) is 0 Å². The molecular formula is C13H19N3O2. The third kappa shape index (κ3) is 2.44. The van der Waals surface area contributed by atoms with Gasteiger partial charge in [0.2, 0.25) is 0 Å². The minimum absolute atomic E-state index is 0.369. The first-order valence-electron chi connectivity index (χ1n) is 6.43. The van der Waals surface area contributed by atoms with E-state index in [1.54, 1.807) is 0 Å². The van der Waals surface area contributed by atoms with Crippen LogP contribution in [0.15, 0.2) is 12.5 Å². The van der Waals surface area contributed by atoms with Crippen LogP contribution in [0.3, 0.4) is 0 Å². The quantitative estimate of drug-likeness (QED) is 0.767. The number of esters is 1. The smallest absolute Gasteiger partial charge is 0.343 e. The molecule has 0 saturated carbocycles. The Kier molecular flexibility index (Phi) is 4.12. The molecule has 1 fully saturated rings. The molecule has 1 aliphatic rings. The van der Waals surface area contributed by atoms with Crippen LogP contribution in [0, 0.1) is 0 Å². The molecule has 2 heterocycles. The van der Waals surface area contributed by atoms with Gasteiger partial charge in [-0.1, -0.05) is 6.92 Å². The molecule has 1 aliphatic heterocycles. The van der Waals surface area contributed by atoms with Crippen LogP contribution in [0.2, 0.25) is 0 Å². The largest absolute Gasteiger partial charge is 0.465 e. The average Bonchev–Trinajstić information content (AvgIpc) is 2.46. The van der Waals surface area contributed by atoms with Crippen molar-refractivity contribution >= 4 is 11.8 Å². The van der Waals surface area contributed by atoms with Crippen LogP contribution in [-0.2, 0) is 4.74 Å². The number of hydrogen-bond acceptors (Lipinski definition) is 5. The fourth-order valence-corrected chi connectivity index (χ4v) is 2.51. The van der Waals surface area contributed by atoms with E-state index in [-0.39, 0.29) is 5.97 Å². The first-order chi connectivity index (χ1) is 8.77. The second kappa shape index (κ2) is 5.80. The van der Waals surface area contributed by atoms with Gasteiger partial charge in [0.05, 0.1) is 7.11 Å². The standard InChI is InChI=1S/C13H19N3O2/c1-3-10-6-4-5-7-16(10)12-11(13(17)18-2)8-14-9-15-12/h8-10H,3-7H2,1-2H3. The maximum absolute atomic E-state index is 11.7. The Morgan fingerprint density at radius 3 is 3.11 bits per heavy atom. The molecule has 5 heteroatoms. The lowest BCUT2D eigenvalue weighted by atomic mass is 9.99. The summed E-state index contributed by atoms with van der Waals surface area (Å²) in [5.41, 5.74) is 0.459. The van der Waals surface area contributed by atoms with Crippen molar-refractivity contribution in [3.05, 3.63) is 18.1 Å². The molecule has 2 rings (SSSR count). The molecule has 0 spiro atoms. The van der Waals surface area contributed by atoms with Crippen molar-refractivity contribution in [1.29, 1.82) is 0 Å². The minimum atomic E-state index is -0.369. The zero-order valence-corrected chi connectivity index (χ0v) is 10.9. The van der Waals surface area contributed by atoms with Crippen LogP contribution in [0.1, 0.15) is 43.0 Å². The van der Waals surface area contributed by atoms with Crippen molar-refractivity contribution in [2.75, 3.05) is 18.6 Å². The Balaban J connectivity index is 2.33. The summed E-state index contributed by atoms with van der Waals surface area (Å²) in [5.74, 6) is 0.342. The number of rotatable bonds is 3. The van der Waals surface area contributed by atoms with Crippen molar-refractivity contribution in [3.8, 4) is 0 Å². The number of nitrogens with zero attached hydrogens (tertiary/aromatic N) is 3. The zero-order valence-electron chi connectivity index (χ0n) is 10.9. The van der Waals surface area contributed by atoms with Crippen LogP contribution in [-0.4, -0.2) is 35.6 Å². The molecule has 5 nitrogen and oxygen atoms in total. The molecule has 1 aromatic rings. The summed E-state index contributed by atoms with van der Waals surface area (Å²) in [6, 6.07) is 0.456. The van der Waals surface area contributed by atoms with Gasteiger partial charge >= 0.3 is 5.97 Å². The van der Waals surface area contributed by atoms with E-state index in [0.717, 1.165) is 25.8 Å². The summed E-state index contributed by atoms with van der Waals surface area (Å²) in [7, 11) is 1.38. The molecule has 0 radical (unpaired) electrons. The summed E-state index contributed by atoms with van der Waals surface area (Å²) in [4.78, 5) is 22.2. The number of carbonyl (C=O) groups is 1. The molecule has 98 valence electrons. The number of piperidine rings is 1. The van der Waals surface area contributed by atoms with Crippen LogP contribution >= 0.6 is 0 Å². The van der Waals surface area contributed by atoms with E-state index in [1.165, 1.54) is 26.1 Å². The number of ether oxygens (including phenoxy) is 1. The second-order valence-electron chi connectivity index (χ2n) is 4.50.